The molecular formula is C17H30N6O. The number of nitrogens with zero attached hydrogens (tertiary/aromatic N) is 5. The third kappa shape index (κ3) is 4.26. The Bertz CT molecular complexity index is 555. The Morgan fingerprint density at radius 2 is 2.21 bits per heavy atom. The van der Waals surface area contributed by atoms with Crippen molar-refractivity contribution in [2.45, 2.75) is 64.5 Å². The van der Waals surface area contributed by atoms with Gasteiger partial charge in [-0.2, -0.15) is 0 Å². The van der Waals surface area contributed by atoms with E-state index >= 15 is 0 Å². The van der Waals surface area contributed by atoms with Gasteiger partial charge in [0.15, 0.2) is 5.96 Å². The summed E-state index contributed by atoms with van der Waals surface area (Å²) in [6.45, 7) is 6.33. The largest absolute Gasteiger partial charge is 0.391 e. The van der Waals surface area contributed by atoms with Crippen molar-refractivity contribution in [2.24, 2.45) is 4.99 Å². The molecule has 0 bridgehead atoms. The quantitative estimate of drug-likeness (QED) is 0.477. The maximum absolute atomic E-state index is 9.71. The highest BCUT2D eigenvalue weighted by molar-refractivity contribution is 5.80. The highest BCUT2D eigenvalue weighted by Gasteiger charge is 2.22. The third-order valence-electron chi connectivity index (χ3n) is 4.80. The number of β-amino-alcohol motifs (C(OH)–C–C–N with tert-alkyl or cyclic N) is 1. The fourth-order valence-electron chi connectivity index (χ4n) is 3.51. The molecule has 24 heavy (non-hydrogen) atoms. The molecule has 1 fully saturated rings. The van der Waals surface area contributed by atoms with Gasteiger partial charge in [0, 0.05) is 45.6 Å². The minimum atomic E-state index is -0.222. The monoisotopic (exact) mass is 334 g/mol. The Balaban J connectivity index is 1.52. The molecule has 1 aromatic rings. The molecule has 2 aliphatic heterocycles. The van der Waals surface area contributed by atoms with Gasteiger partial charge in [-0.25, -0.2) is 0 Å². The first-order valence-corrected chi connectivity index (χ1v) is 9.40. The van der Waals surface area contributed by atoms with E-state index in [2.05, 4.69) is 31.9 Å². The van der Waals surface area contributed by atoms with Gasteiger partial charge in [-0.15, -0.1) is 10.2 Å². The van der Waals surface area contributed by atoms with Crippen molar-refractivity contribution in [2.75, 3.05) is 26.2 Å². The molecule has 0 aliphatic carbocycles. The molecule has 0 saturated carbocycles. The lowest BCUT2D eigenvalue weighted by atomic mass is 10.2. The van der Waals surface area contributed by atoms with E-state index in [1.54, 1.807) is 0 Å². The number of rotatable bonds is 5. The summed E-state index contributed by atoms with van der Waals surface area (Å²) in [7, 11) is 0. The first kappa shape index (κ1) is 17.2. The van der Waals surface area contributed by atoms with Gasteiger partial charge in [0.1, 0.15) is 11.6 Å². The summed E-state index contributed by atoms with van der Waals surface area (Å²) in [5, 5.41) is 21.8. The second-order valence-electron chi connectivity index (χ2n) is 6.72. The van der Waals surface area contributed by atoms with E-state index in [1.807, 2.05) is 0 Å². The van der Waals surface area contributed by atoms with Crippen LogP contribution in [0.15, 0.2) is 4.99 Å². The van der Waals surface area contributed by atoms with Crippen LogP contribution in [-0.4, -0.2) is 63.0 Å². The van der Waals surface area contributed by atoms with Gasteiger partial charge in [-0.1, -0.05) is 6.42 Å². The average molecular weight is 334 g/mol. The zero-order valence-corrected chi connectivity index (χ0v) is 14.7. The Hall–Kier alpha value is -1.63. The summed E-state index contributed by atoms with van der Waals surface area (Å²) in [5.41, 5.74) is 0. The fraction of sp³-hybridized carbons (Fsp3) is 0.824. The summed E-state index contributed by atoms with van der Waals surface area (Å²) in [6, 6.07) is 0. The number of aromatic nitrogens is 3. The molecular weight excluding hydrogens is 304 g/mol. The van der Waals surface area contributed by atoms with Gasteiger partial charge in [-0.3, -0.25) is 4.99 Å². The van der Waals surface area contributed by atoms with Crippen molar-refractivity contribution in [1.29, 1.82) is 0 Å². The molecule has 3 heterocycles. The number of guanidine groups is 1. The molecule has 0 spiro atoms. The standard InChI is InChI=1S/C17H30N6O/c1-2-18-17(22-12-9-14(24)13-22)19-10-6-8-16-21-20-15-7-4-3-5-11-23(15)16/h14,24H,2-13H2,1H3,(H,18,19)/t14-/m1/s1. The lowest BCUT2D eigenvalue weighted by molar-refractivity contribution is 0.188. The molecule has 0 unspecified atom stereocenters. The summed E-state index contributed by atoms with van der Waals surface area (Å²) < 4.78 is 2.32. The number of aryl methyl sites for hydroxylation is 2. The molecule has 2 aliphatic rings. The van der Waals surface area contributed by atoms with Crippen molar-refractivity contribution >= 4 is 5.96 Å². The first-order chi connectivity index (χ1) is 11.8. The van der Waals surface area contributed by atoms with Crippen LogP contribution in [0, 0.1) is 0 Å². The normalized spacial score (nSPS) is 21.7. The van der Waals surface area contributed by atoms with E-state index < -0.39 is 0 Å². The molecule has 1 aromatic heterocycles. The molecule has 1 saturated heterocycles. The third-order valence-corrected chi connectivity index (χ3v) is 4.80. The summed E-state index contributed by atoms with van der Waals surface area (Å²) >= 11 is 0. The number of likely N-dealkylation sites (tertiary alicyclic amines) is 1. The van der Waals surface area contributed by atoms with E-state index in [-0.39, 0.29) is 6.10 Å². The Labute approximate surface area is 144 Å². The van der Waals surface area contributed by atoms with Crippen LogP contribution in [0.5, 0.6) is 0 Å². The van der Waals surface area contributed by atoms with Crippen LogP contribution < -0.4 is 5.32 Å². The van der Waals surface area contributed by atoms with Crippen molar-refractivity contribution in [1.82, 2.24) is 25.0 Å². The van der Waals surface area contributed by atoms with E-state index in [1.165, 1.54) is 19.3 Å². The second kappa shape index (κ2) is 8.46. The van der Waals surface area contributed by atoms with Crippen LogP contribution in [0.2, 0.25) is 0 Å². The SMILES string of the molecule is CCNC(=NCCCc1nnc2n1CCCCC2)N1CC[C@@H](O)C1. The lowest BCUT2D eigenvalue weighted by Crippen LogP contribution is -2.40. The van der Waals surface area contributed by atoms with E-state index in [9.17, 15) is 5.11 Å². The lowest BCUT2D eigenvalue weighted by Gasteiger charge is -2.20. The van der Waals surface area contributed by atoms with Crippen LogP contribution in [-0.2, 0) is 19.4 Å². The number of aliphatic hydroxyl groups excluding tert-OH is 1. The van der Waals surface area contributed by atoms with Crippen LogP contribution in [0.1, 0.15) is 50.7 Å². The number of hydrogen-bond acceptors (Lipinski definition) is 4. The summed E-state index contributed by atoms with van der Waals surface area (Å²) in [5.74, 6) is 3.20. The smallest absolute Gasteiger partial charge is 0.194 e. The van der Waals surface area contributed by atoms with E-state index in [4.69, 9.17) is 4.99 Å². The summed E-state index contributed by atoms with van der Waals surface area (Å²) in [6.07, 6.45) is 7.33. The minimum Gasteiger partial charge on any atom is -0.391 e. The highest BCUT2D eigenvalue weighted by Crippen LogP contribution is 2.15. The van der Waals surface area contributed by atoms with E-state index in [0.717, 1.165) is 69.5 Å². The van der Waals surface area contributed by atoms with Crippen molar-refractivity contribution in [3.05, 3.63) is 11.6 Å². The molecule has 0 amide bonds. The number of nitrogens with one attached hydrogen (secondary N) is 1. The van der Waals surface area contributed by atoms with Crippen LogP contribution in [0.3, 0.4) is 0 Å². The van der Waals surface area contributed by atoms with Gasteiger partial charge in [0.25, 0.3) is 0 Å². The second-order valence-corrected chi connectivity index (χ2v) is 6.72. The minimum absolute atomic E-state index is 0.222. The maximum Gasteiger partial charge on any atom is 0.194 e. The molecule has 134 valence electrons. The average Bonchev–Trinajstić information content (AvgIpc) is 3.10. The Kier molecular flexibility index (Phi) is 6.07. The Morgan fingerprint density at radius 3 is 3.00 bits per heavy atom. The predicted octanol–water partition coefficient (Wildman–Crippen LogP) is 0.969. The molecule has 7 nitrogen and oxygen atoms in total. The molecule has 2 N–H and O–H groups in total. The van der Waals surface area contributed by atoms with Gasteiger partial charge < -0.3 is 19.9 Å². The van der Waals surface area contributed by atoms with Crippen molar-refractivity contribution in [3.8, 4) is 0 Å². The number of fused-ring (bicyclic) bond motifs is 1. The zero-order chi connectivity index (χ0) is 16.8. The molecule has 0 aromatic carbocycles. The number of aliphatic hydroxyl groups is 1. The van der Waals surface area contributed by atoms with Gasteiger partial charge in [0.2, 0.25) is 0 Å². The Morgan fingerprint density at radius 1 is 1.29 bits per heavy atom. The molecule has 7 heteroatoms. The van der Waals surface area contributed by atoms with Crippen LogP contribution in [0.25, 0.3) is 0 Å². The molecule has 3 rings (SSSR count). The summed E-state index contributed by atoms with van der Waals surface area (Å²) in [4.78, 5) is 6.87. The van der Waals surface area contributed by atoms with E-state index in [0.29, 0.717) is 6.54 Å². The molecule has 1 atom stereocenters. The highest BCUT2D eigenvalue weighted by atomic mass is 16.3. The fourth-order valence-corrected chi connectivity index (χ4v) is 3.51. The topological polar surface area (TPSA) is 78.6 Å². The van der Waals surface area contributed by atoms with Gasteiger partial charge in [0.05, 0.1) is 6.10 Å². The molecule has 0 radical (unpaired) electrons. The number of aliphatic imine (C=N–C) groups is 1. The number of hydrogen-bond donors (Lipinski definition) is 2. The van der Waals surface area contributed by atoms with Gasteiger partial charge in [-0.05, 0) is 32.6 Å². The predicted molar refractivity (Wildman–Crippen MR) is 94.1 cm³/mol. The van der Waals surface area contributed by atoms with Crippen molar-refractivity contribution < 1.29 is 5.11 Å². The van der Waals surface area contributed by atoms with Crippen LogP contribution >= 0.6 is 0 Å². The van der Waals surface area contributed by atoms with Gasteiger partial charge >= 0.3 is 0 Å². The maximum atomic E-state index is 9.71. The van der Waals surface area contributed by atoms with Crippen molar-refractivity contribution in [3.63, 3.8) is 0 Å². The first-order valence-electron chi connectivity index (χ1n) is 9.40. The zero-order valence-electron chi connectivity index (χ0n) is 14.7. The van der Waals surface area contributed by atoms with Crippen LogP contribution in [0.4, 0.5) is 0 Å².